The van der Waals surface area contributed by atoms with Crippen molar-refractivity contribution in [2.45, 2.75) is 51.5 Å². The lowest BCUT2D eigenvalue weighted by Crippen LogP contribution is -2.46. The standard InChI is InChI=1S/C18H35N5O3S/c1-4-27(25,26)22(3)12-7-11-20-18(19-2)21-16-10-13-23(14-16)17(24)15-8-5-6-9-15/h15-16H,4-14H2,1-3H3,(H2,19,20,21). The Morgan fingerprint density at radius 2 is 1.96 bits per heavy atom. The molecule has 0 bridgehead atoms. The van der Waals surface area contributed by atoms with Gasteiger partial charge < -0.3 is 15.5 Å². The van der Waals surface area contributed by atoms with Crippen LogP contribution in [0.25, 0.3) is 0 Å². The second-order valence-corrected chi connectivity index (χ2v) is 9.83. The van der Waals surface area contributed by atoms with Gasteiger partial charge in [-0.05, 0) is 32.6 Å². The molecule has 2 N–H and O–H groups in total. The van der Waals surface area contributed by atoms with E-state index in [0.717, 1.165) is 32.4 Å². The smallest absolute Gasteiger partial charge is 0.225 e. The number of likely N-dealkylation sites (tertiary alicyclic amines) is 1. The van der Waals surface area contributed by atoms with E-state index in [0.29, 0.717) is 31.4 Å². The first-order valence-electron chi connectivity index (χ1n) is 10.1. The van der Waals surface area contributed by atoms with Crippen molar-refractivity contribution in [2.75, 3.05) is 46.0 Å². The van der Waals surface area contributed by atoms with Crippen molar-refractivity contribution in [1.29, 1.82) is 0 Å². The third-order valence-corrected chi connectivity index (χ3v) is 7.41. The number of rotatable bonds is 8. The summed E-state index contributed by atoms with van der Waals surface area (Å²) in [6.45, 7) is 4.31. The number of nitrogens with one attached hydrogen (secondary N) is 2. The molecule has 1 unspecified atom stereocenters. The lowest BCUT2D eigenvalue weighted by atomic mass is 10.1. The number of sulfonamides is 1. The summed E-state index contributed by atoms with van der Waals surface area (Å²) in [5, 5.41) is 6.62. The summed E-state index contributed by atoms with van der Waals surface area (Å²) in [7, 11) is 0.211. The van der Waals surface area contributed by atoms with Crippen LogP contribution in [0.15, 0.2) is 4.99 Å². The SMILES string of the molecule is CCS(=O)(=O)N(C)CCCNC(=NC)NC1CCN(C(=O)C2CCCC2)C1. The van der Waals surface area contributed by atoms with Gasteiger partial charge >= 0.3 is 0 Å². The normalized spacial score (nSPS) is 21.9. The third kappa shape index (κ3) is 6.34. The zero-order chi connectivity index (χ0) is 19.9. The maximum absolute atomic E-state index is 12.5. The van der Waals surface area contributed by atoms with E-state index in [9.17, 15) is 13.2 Å². The van der Waals surface area contributed by atoms with Crippen LogP contribution in [0, 0.1) is 5.92 Å². The fourth-order valence-corrected chi connectivity index (χ4v) is 4.61. The molecule has 2 rings (SSSR count). The Balaban J connectivity index is 1.69. The second kappa shape index (κ2) is 10.3. The van der Waals surface area contributed by atoms with Crippen molar-refractivity contribution < 1.29 is 13.2 Å². The van der Waals surface area contributed by atoms with Gasteiger partial charge in [0.05, 0.1) is 5.75 Å². The van der Waals surface area contributed by atoms with Crippen LogP contribution < -0.4 is 10.6 Å². The molecule has 9 heteroatoms. The van der Waals surface area contributed by atoms with Crippen molar-refractivity contribution in [3.8, 4) is 0 Å². The fourth-order valence-electron chi connectivity index (χ4n) is 3.77. The number of carbonyl (C=O) groups is 1. The number of hydrogen-bond acceptors (Lipinski definition) is 4. The Kier molecular flexibility index (Phi) is 8.34. The van der Waals surface area contributed by atoms with E-state index < -0.39 is 10.0 Å². The largest absolute Gasteiger partial charge is 0.356 e. The highest BCUT2D eigenvalue weighted by Crippen LogP contribution is 2.27. The molecule has 0 aromatic rings. The third-order valence-electron chi connectivity index (χ3n) is 5.55. The molecular formula is C18H35N5O3S. The van der Waals surface area contributed by atoms with Crippen LogP contribution >= 0.6 is 0 Å². The van der Waals surface area contributed by atoms with Crippen molar-refractivity contribution in [3.63, 3.8) is 0 Å². The van der Waals surface area contributed by atoms with Gasteiger partial charge in [-0.3, -0.25) is 9.79 Å². The minimum atomic E-state index is -3.12. The summed E-state index contributed by atoms with van der Waals surface area (Å²) in [4.78, 5) is 18.8. The Hall–Kier alpha value is -1.35. The molecule has 8 nitrogen and oxygen atoms in total. The number of hydrogen-bond donors (Lipinski definition) is 2. The Bertz CT molecular complexity index is 616. The number of carbonyl (C=O) groups excluding carboxylic acids is 1. The van der Waals surface area contributed by atoms with Gasteiger partial charge in [-0.15, -0.1) is 0 Å². The van der Waals surface area contributed by atoms with E-state index in [1.165, 1.54) is 17.1 Å². The first-order chi connectivity index (χ1) is 12.9. The maximum Gasteiger partial charge on any atom is 0.225 e. The van der Waals surface area contributed by atoms with E-state index in [2.05, 4.69) is 15.6 Å². The predicted molar refractivity (Wildman–Crippen MR) is 108 cm³/mol. The van der Waals surface area contributed by atoms with Crippen molar-refractivity contribution >= 4 is 21.9 Å². The minimum Gasteiger partial charge on any atom is -0.356 e. The van der Waals surface area contributed by atoms with Gasteiger partial charge in [-0.25, -0.2) is 12.7 Å². The molecule has 27 heavy (non-hydrogen) atoms. The average Bonchev–Trinajstić information content (AvgIpc) is 3.35. The van der Waals surface area contributed by atoms with Crippen LogP contribution in [0.5, 0.6) is 0 Å². The van der Waals surface area contributed by atoms with E-state index >= 15 is 0 Å². The van der Waals surface area contributed by atoms with E-state index in [4.69, 9.17) is 0 Å². The molecule has 1 amide bonds. The molecule has 1 heterocycles. The number of guanidine groups is 1. The van der Waals surface area contributed by atoms with E-state index in [-0.39, 0.29) is 17.7 Å². The van der Waals surface area contributed by atoms with Crippen molar-refractivity contribution in [2.24, 2.45) is 10.9 Å². The molecule has 2 aliphatic rings. The number of aliphatic imine (C=N–C) groups is 1. The quantitative estimate of drug-likeness (QED) is 0.353. The molecule has 1 aliphatic carbocycles. The highest BCUT2D eigenvalue weighted by atomic mass is 32.2. The van der Waals surface area contributed by atoms with Gasteiger partial charge in [-0.1, -0.05) is 12.8 Å². The molecule has 1 saturated heterocycles. The van der Waals surface area contributed by atoms with Gasteiger partial charge in [-0.2, -0.15) is 0 Å². The average molecular weight is 402 g/mol. The lowest BCUT2D eigenvalue weighted by Gasteiger charge is -2.21. The summed E-state index contributed by atoms with van der Waals surface area (Å²) in [5.41, 5.74) is 0. The van der Waals surface area contributed by atoms with Gasteiger partial charge in [0.2, 0.25) is 15.9 Å². The lowest BCUT2D eigenvalue weighted by molar-refractivity contribution is -0.134. The molecule has 0 aromatic heterocycles. The van der Waals surface area contributed by atoms with Crippen LogP contribution in [0.1, 0.15) is 45.4 Å². The summed E-state index contributed by atoms with van der Waals surface area (Å²) in [6, 6.07) is 0.213. The Morgan fingerprint density at radius 1 is 1.26 bits per heavy atom. The molecule has 156 valence electrons. The number of amides is 1. The summed E-state index contributed by atoms with van der Waals surface area (Å²) in [5.74, 6) is 1.38. The molecule has 0 aromatic carbocycles. The first-order valence-corrected chi connectivity index (χ1v) is 11.7. The molecule has 1 aliphatic heterocycles. The van der Waals surface area contributed by atoms with Crippen molar-refractivity contribution in [3.05, 3.63) is 0 Å². The van der Waals surface area contributed by atoms with Crippen LogP contribution in [0.4, 0.5) is 0 Å². The van der Waals surface area contributed by atoms with Gasteiger partial charge in [0, 0.05) is 52.2 Å². The monoisotopic (exact) mass is 401 g/mol. The highest BCUT2D eigenvalue weighted by molar-refractivity contribution is 7.89. The van der Waals surface area contributed by atoms with Crippen LogP contribution in [-0.4, -0.2) is 81.6 Å². The minimum absolute atomic E-state index is 0.123. The van der Waals surface area contributed by atoms with Gasteiger partial charge in [0.25, 0.3) is 0 Å². The van der Waals surface area contributed by atoms with Gasteiger partial charge in [0.1, 0.15) is 0 Å². The molecular weight excluding hydrogens is 366 g/mol. The van der Waals surface area contributed by atoms with Gasteiger partial charge in [0.15, 0.2) is 5.96 Å². The first kappa shape index (κ1) is 21.9. The predicted octanol–water partition coefficient (Wildman–Crippen LogP) is 0.614. The van der Waals surface area contributed by atoms with Crippen molar-refractivity contribution in [1.82, 2.24) is 19.8 Å². The summed E-state index contributed by atoms with van der Waals surface area (Å²) in [6.07, 6.45) is 6.07. The number of nitrogens with zero attached hydrogens (tertiary/aromatic N) is 3. The van der Waals surface area contributed by atoms with E-state index in [1.54, 1.807) is 21.0 Å². The Morgan fingerprint density at radius 3 is 2.59 bits per heavy atom. The molecule has 2 fully saturated rings. The molecule has 0 spiro atoms. The molecule has 0 radical (unpaired) electrons. The zero-order valence-corrected chi connectivity index (χ0v) is 17.7. The Labute approximate surface area is 163 Å². The molecule has 1 saturated carbocycles. The maximum atomic E-state index is 12.5. The topological polar surface area (TPSA) is 94.1 Å². The summed E-state index contributed by atoms with van der Waals surface area (Å²) >= 11 is 0. The fraction of sp³-hybridized carbons (Fsp3) is 0.889. The van der Waals surface area contributed by atoms with Crippen LogP contribution in [0.2, 0.25) is 0 Å². The zero-order valence-electron chi connectivity index (χ0n) is 16.9. The summed E-state index contributed by atoms with van der Waals surface area (Å²) < 4.78 is 24.9. The molecule has 1 atom stereocenters. The van der Waals surface area contributed by atoms with Crippen LogP contribution in [-0.2, 0) is 14.8 Å². The van der Waals surface area contributed by atoms with E-state index in [1.807, 2.05) is 4.90 Å². The highest BCUT2D eigenvalue weighted by Gasteiger charge is 2.32. The second-order valence-electron chi connectivity index (χ2n) is 7.47. The van der Waals surface area contributed by atoms with Crippen LogP contribution in [0.3, 0.4) is 0 Å².